The minimum atomic E-state index is -4.34. The number of rotatable bonds is 4. The Morgan fingerprint density at radius 2 is 1.67 bits per heavy atom. The summed E-state index contributed by atoms with van der Waals surface area (Å²) in [6.07, 6.45) is -2.14. The van der Waals surface area contributed by atoms with Gasteiger partial charge in [-0.2, -0.15) is 13.2 Å². The first kappa shape index (κ1) is 13.4. The molecule has 1 unspecified atom stereocenters. The van der Waals surface area contributed by atoms with Gasteiger partial charge in [-0.25, -0.2) is 0 Å². The van der Waals surface area contributed by atoms with Crippen molar-refractivity contribution in [3.8, 4) is 0 Å². The first-order chi connectivity index (χ1) is 8.29. The van der Waals surface area contributed by atoms with Crippen molar-refractivity contribution in [2.45, 2.75) is 37.6 Å². The zero-order valence-electron chi connectivity index (χ0n) is 10.1. The molecule has 5 heteroatoms. The van der Waals surface area contributed by atoms with Gasteiger partial charge in [0.25, 0.3) is 0 Å². The highest BCUT2D eigenvalue weighted by atomic mass is 19.4. The van der Waals surface area contributed by atoms with Gasteiger partial charge in [0.05, 0.1) is 11.2 Å². The average molecular weight is 259 g/mol. The van der Waals surface area contributed by atoms with E-state index in [9.17, 15) is 18.3 Å². The Labute approximate surface area is 104 Å². The molecule has 0 aliphatic heterocycles. The van der Waals surface area contributed by atoms with E-state index in [1.165, 1.54) is 12.1 Å². The van der Waals surface area contributed by atoms with Crippen LogP contribution >= 0.6 is 0 Å². The summed E-state index contributed by atoms with van der Waals surface area (Å²) in [6, 6.07) is 5.11. The average Bonchev–Trinajstić information content (AvgIpc) is 3.09. The maximum atomic E-state index is 12.4. The summed E-state index contributed by atoms with van der Waals surface area (Å²) in [5, 5.41) is 13.4. The molecule has 0 saturated heterocycles. The summed E-state index contributed by atoms with van der Waals surface area (Å²) in [6.45, 7) is 1.95. The Kier molecular flexibility index (Phi) is 3.38. The first-order valence-electron chi connectivity index (χ1n) is 5.92. The predicted octanol–water partition coefficient (Wildman–Crippen LogP) is 2.66. The smallest absolute Gasteiger partial charge is 0.384 e. The van der Waals surface area contributed by atoms with Gasteiger partial charge in [0.15, 0.2) is 0 Å². The molecule has 1 aliphatic rings. The number of halogens is 3. The maximum Gasteiger partial charge on any atom is 0.416 e. The third-order valence-corrected chi connectivity index (χ3v) is 3.15. The highest BCUT2D eigenvalue weighted by Gasteiger charge is 2.32. The molecule has 0 radical (unpaired) electrons. The highest BCUT2D eigenvalue weighted by molar-refractivity contribution is 5.28. The van der Waals surface area contributed by atoms with Crippen molar-refractivity contribution < 1.29 is 18.3 Å². The molecule has 1 fully saturated rings. The molecular weight excluding hydrogens is 243 g/mol. The van der Waals surface area contributed by atoms with E-state index >= 15 is 0 Å². The molecular formula is C13H16F3NO. The van der Waals surface area contributed by atoms with E-state index in [2.05, 4.69) is 5.32 Å². The predicted molar refractivity (Wildman–Crippen MR) is 62.0 cm³/mol. The van der Waals surface area contributed by atoms with Crippen molar-refractivity contribution in [2.24, 2.45) is 0 Å². The Morgan fingerprint density at radius 1 is 1.17 bits per heavy atom. The van der Waals surface area contributed by atoms with Gasteiger partial charge in [0.1, 0.15) is 0 Å². The van der Waals surface area contributed by atoms with Crippen molar-refractivity contribution in [1.82, 2.24) is 5.32 Å². The molecule has 2 rings (SSSR count). The first-order valence-corrected chi connectivity index (χ1v) is 5.92. The van der Waals surface area contributed by atoms with Crippen LogP contribution in [0.5, 0.6) is 0 Å². The monoisotopic (exact) mass is 259 g/mol. The summed E-state index contributed by atoms with van der Waals surface area (Å²) in [5.74, 6) is 0. The molecule has 1 saturated carbocycles. The molecule has 2 N–H and O–H groups in total. The van der Waals surface area contributed by atoms with Crippen molar-refractivity contribution in [2.75, 3.05) is 6.54 Å². The fourth-order valence-electron chi connectivity index (χ4n) is 1.75. The highest BCUT2D eigenvalue weighted by Crippen LogP contribution is 2.31. The molecule has 0 heterocycles. The summed E-state index contributed by atoms with van der Waals surface area (Å²) < 4.78 is 37.2. The van der Waals surface area contributed by atoms with Gasteiger partial charge in [0, 0.05) is 12.6 Å². The normalized spacial score (nSPS) is 19.6. The van der Waals surface area contributed by atoms with Crippen LogP contribution in [0.4, 0.5) is 13.2 Å². The number of nitrogens with one attached hydrogen (secondary N) is 1. The van der Waals surface area contributed by atoms with Gasteiger partial charge >= 0.3 is 6.18 Å². The third-order valence-electron chi connectivity index (χ3n) is 3.15. The second-order valence-corrected chi connectivity index (χ2v) is 5.00. The van der Waals surface area contributed by atoms with E-state index in [4.69, 9.17) is 0 Å². The third kappa shape index (κ3) is 3.23. The van der Waals surface area contributed by atoms with E-state index in [1.54, 1.807) is 6.92 Å². The van der Waals surface area contributed by atoms with E-state index in [1.807, 2.05) is 0 Å². The number of aliphatic hydroxyl groups is 1. The number of hydrogen-bond acceptors (Lipinski definition) is 2. The zero-order chi connectivity index (χ0) is 13.4. The van der Waals surface area contributed by atoms with Crippen LogP contribution in [0.25, 0.3) is 0 Å². The van der Waals surface area contributed by atoms with Crippen LogP contribution in [0.15, 0.2) is 24.3 Å². The van der Waals surface area contributed by atoms with Crippen molar-refractivity contribution in [3.63, 3.8) is 0 Å². The lowest BCUT2D eigenvalue weighted by Crippen LogP contribution is -2.36. The van der Waals surface area contributed by atoms with E-state index in [0.717, 1.165) is 25.0 Å². The van der Waals surface area contributed by atoms with Crippen molar-refractivity contribution >= 4 is 0 Å². The van der Waals surface area contributed by atoms with Crippen LogP contribution < -0.4 is 5.32 Å². The van der Waals surface area contributed by atoms with Crippen LogP contribution in [0, 0.1) is 0 Å². The lowest BCUT2D eigenvalue weighted by Gasteiger charge is -2.24. The molecule has 1 atom stereocenters. The largest absolute Gasteiger partial charge is 0.416 e. The minimum absolute atomic E-state index is 0.350. The van der Waals surface area contributed by atoms with Crippen molar-refractivity contribution in [3.05, 3.63) is 35.4 Å². The lowest BCUT2D eigenvalue weighted by atomic mass is 9.95. The van der Waals surface area contributed by atoms with Gasteiger partial charge in [-0.3, -0.25) is 0 Å². The molecule has 1 aromatic carbocycles. The lowest BCUT2D eigenvalue weighted by molar-refractivity contribution is -0.137. The summed E-state index contributed by atoms with van der Waals surface area (Å²) in [5.41, 5.74) is -1.35. The second kappa shape index (κ2) is 4.55. The number of alkyl halides is 3. The second-order valence-electron chi connectivity index (χ2n) is 5.00. The molecule has 0 amide bonds. The molecule has 0 aromatic heterocycles. The topological polar surface area (TPSA) is 32.3 Å². The Hall–Kier alpha value is -1.07. The SMILES string of the molecule is CC(O)(CNC1CC1)c1ccc(C(F)(F)F)cc1. The molecule has 2 nitrogen and oxygen atoms in total. The van der Waals surface area contributed by atoms with E-state index in [0.29, 0.717) is 18.2 Å². The number of benzene rings is 1. The molecule has 1 aliphatic carbocycles. The van der Waals surface area contributed by atoms with E-state index in [-0.39, 0.29) is 0 Å². The molecule has 0 spiro atoms. The van der Waals surface area contributed by atoms with Gasteiger partial charge in [-0.05, 0) is 37.5 Å². The van der Waals surface area contributed by atoms with E-state index < -0.39 is 17.3 Å². The Morgan fingerprint density at radius 3 is 2.11 bits per heavy atom. The minimum Gasteiger partial charge on any atom is -0.384 e. The number of hydrogen-bond donors (Lipinski definition) is 2. The molecule has 1 aromatic rings. The molecule has 100 valence electrons. The molecule has 0 bridgehead atoms. The van der Waals surface area contributed by atoms with Crippen molar-refractivity contribution in [1.29, 1.82) is 0 Å². The van der Waals surface area contributed by atoms with Gasteiger partial charge in [-0.15, -0.1) is 0 Å². The van der Waals surface area contributed by atoms with Crippen LogP contribution in [-0.2, 0) is 11.8 Å². The van der Waals surface area contributed by atoms with Crippen LogP contribution in [0.2, 0.25) is 0 Å². The fraction of sp³-hybridized carbons (Fsp3) is 0.538. The summed E-state index contributed by atoms with van der Waals surface area (Å²) in [4.78, 5) is 0. The van der Waals surface area contributed by atoms with Gasteiger partial charge < -0.3 is 10.4 Å². The summed E-state index contributed by atoms with van der Waals surface area (Å²) in [7, 11) is 0. The Bertz CT molecular complexity index is 407. The van der Waals surface area contributed by atoms with Crippen LogP contribution in [-0.4, -0.2) is 17.7 Å². The fourth-order valence-corrected chi connectivity index (χ4v) is 1.75. The Balaban J connectivity index is 2.07. The zero-order valence-corrected chi connectivity index (χ0v) is 10.1. The summed E-state index contributed by atoms with van der Waals surface area (Å²) >= 11 is 0. The standard InChI is InChI=1S/C13H16F3NO/c1-12(18,8-17-11-6-7-11)9-2-4-10(5-3-9)13(14,15)16/h2-5,11,17-18H,6-8H2,1H3. The van der Waals surface area contributed by atoms with Gasteiger partial charge in [0.2, 0.25) is 0 Å². The van der Waals surface area contributed by atoms with Crippen LogP contribution in [0.3, 0.4) is 0 Å². The molecule has 18 heavy (non-hydrogen) atoms. The quantitative estimate of drug-likeness (QED) is 0.871. The maximum absolute atomic E-state index is 12.4. The van der Waals surface area contributed by atoms with Crippen LogP contribution in [0.1, 0.15) is 30.9 Å². The van der Waals surface area contributed by atoms with Gasteiger partial charge in [-0.1, -0.05) is 12.1 Å².